The summed E-state index contributed by atoms with van der Waals surface area (Å²) in [6, 6.07) is 19.1. The van der Waals surface area contributed by atoms with Crippen LogP contribution in [-0.2, 0) is 11.3 Å². The van der Waals surface area contributed by atoms with Gasteiger partial charge in [0.1, 0.15) is 5.82 Å². The van der Waals surface area contributed by atoms with Crippen molar-refractivity contribution >= 4 is 28.3 Å². The molecule has 0 radical (unpaired) electrons. The molecule has 0 spiro atoms. The summed E-state index contributed by atoms with van der Waals surface area (Å²) in [5.41, 5.74) is 3.41. The monoisotopic (exact) mass is 571 g/mol. The standard InChI is InChI=1S/C34H42FN5O2/c35-31-21-30(13-14-33(31)38-15-17-42-18-16-38)40(34(41)37-26-6-2-3-7-26)22-24-19-28-11-12-29(20-24)39(28)23-27-10-9-25-5-1-4-8-32(25)36-27/h1,4-5,8-10,13-14,21,24,26,28-29H,2-3,6-7,11-12,15-20,22-23H2,(H,37,41). The van der Waals surface area contributed by atoms with E-state index in [1.54, 1.807) is 6.07 Å². The smallest absolute Gasteiger partial charge is 0.322 e. The number of ether oxygens (including phenoxy) is 1. The van der Waals surface area contributed by atoms with Gasteiger partial charge in [-0.25, -0.2) is 9.18 Å². The third-order valence-corrected chi connectivity index (χ3v) is 9.95. The summed E-state index contributed by atoms with van der Waals surface area (Å²) < 4.78 is 20.9. The minimum Gasteiger partial charge on any atom is -0.378 e. The number of amides is 2. The molecule has 3 aromatic rings. The molecule has 3 aliphatic heterocycles. The second kappa shape index (κ2) is 12.2. The van der Waals surface area contributed by atoms with Gasteiger partial charge in [0.15, 0.2) is 0 Å². The summed E-state index contributed by atoms with van der Waals surface area (Å²) in [5, 5.41) is 4.45. The zero-order chi connectivity index (χ0) is 28.5. The number of para-hydroxylation sites is 1. The molecule has 2 bridgehead atoms. The van der Waals surface area contributed by atoms with E-state index in [4.69, 9.17) is 9.72 Å². The first kappa shape index (κ1) is 27.6. The molecule has 8 heteroatoms. The number of piperidine rings is 1. The second-order valence-electron chi connectivity index (χ2n) is 12.7. The lowest BCUT2D eigenvalue weighted by Gasteiger charge is -2.40. The van der Waals surface area contributed by atoms with E-state index in [9.17, 15) is 4.79 Å². The van der Waals surface area contributed by atoms with Crippen LogP contribution in [0.15, 0.2) is 54.6 Å². The number of urea groups is 1. The van der Waals surface area contributed by atoms with Gasteiger partial charge in [-0.1, -0.05) is 37.1 Å². The fraction of sp³-hybridized carbons (Fsp3) is 0.529. The Bertz CT molecular complexity index is 1390. The number of nitrogens with one attached hydrogen (secondary N) is 1. The van der Waals surface area contributed by atoms with Crippen LogP contribution in [0.1, 0.15) is 57.1 Å². The Labute approximate surface area is 248 Å². The number of pyridine rings is 1. The average Bonchev–Trinajstić information content (AvgIpc) is 3.60. The Balaban J connectivity index is 1.07. The first-order valence-electron chi connectivity index (χ1n) is 15.9. The first-order valence-corrected chi connectivity index (χ1v) is 15.9. The summed E-state index contributed by atoms with van der Waals surface area (Å²) in [6.45, 7) is 4.05. The summed E-state index contributed by atoms with van der Waals surface area (Å²) in [5.74, 6) is 0.102. The van der Waals surface area contributed by atoms with Gasteiger partial charge < -0.3 is 15.0 Å². The van der Waals surface area contributed by atoms with Gasteiger partial charge in [-0.05, 0) is 74.8 Å². The fourth-order valence-electron chi connectivity index (χ4n) is 7.79. The van der Waals surface area contributed by atoms with Crippen molar-refractivity contribution in [1.82, 2.24) is 15.2 Å². The van der Waals surface area contributed by atoms with Crippen LogP contribution in [0, 0.1) is 11.7 Å². The molecule has 7 rings (SSSR count). The number of hydrogen-bond donors (Lipinski definition) is 1. The van der Waals surface area contributed by atoms with Crippen LogP contribution in [0.4, 0.5) is 20.6 Å². The Kier molecular flexibility index (Phi) is 8.00. The van der Waals surface area contributed by atoms with Crippen LogP contribution in [0.2, 0.25) is 0 Å². The van der Waals surface area contributed by atoms with Crippen molar-refractivity contribution in [2.24, 2.45) is 5.92 Å². The SMILES string of the molecule is O=C(NC1CCCC1)N(CC1CC2CCC(C1)N2Cc1ccc2ccccc2n1)c1ccc(N2CCOCC2)c(F)c1. The molecule has 1 aliphatic carbocycles. The number of rotatable bonds is 7. The zero-order valence-electron chi connectivity index (χ0n) is 24.4. The molecule has 4 fully saturated rings. The number of carbonyl (C=O) groups excluding carboxylic acids is 1. The minimum absolute atomic E-state index is 0.0874. The number of hydrogen-bond acceptors (Lipinski definition) is 5. The van der Waals surface area contributed by atoms with E-state index in [-0.39, 0.29) is 17.9 Å². The highest BCUT2D eigenvalue weighted by Crippen LogP contribution is 2.40. The van der Waals surface area contributed by atoms with Crippen LogP contribution in [-0.4, -0.2) is 66.9 Å². The molecule has 3 saturated heterocycles. The predicted octanol–water partition coefficient (Wildman–Crippen LogP) is 6.11. The molecular weight excluding hydrogens is 529 g/mol. The van der Waals surface area contributed by atoms with Crippen LogP contribution in [0.25, 0.3) is 10.9 Å². The molecule has 7 nitrogen and oxygen atoms in total. The maximum Gasteiger partial charge on any atom is 0.322 e. The fourth-order valence-corrected chi connectivity index (χ4v) is 7.79. The molecule has 2 aromatic carbocycles. The van der Waals surface area contributed by atoms with Crippen molar-refractivity contribution in [3.8, 4) is 0 Å². The lowest BCUT2D eigenvalue weighted by Crippen LogP contribution is -2.49. The van der Waals surface area contributed by atoms with Gasteiger partial charge in [-0.3, -0.25) is 14.8 Å². The van der Waals surface area contributed by atoms with Gasteiger partial charge in [-0.2, -0.15) is 0 Å². The maximum atomic E-state index is 15.5. The number of anilines is 2. The van der Waals surface area contributed by atoms with Gasteiger partial charge in [0.05, 0.1) is 30.1 Å². The minimum atomic E-state index is -0.272. The molecular formula is C34H42FN5O2. The van der Waals surface area contributed by atoms with Crippen molar-refractivity contribution < 1.29 is 13.9 Å². The predicted molar refractivity (Wildman–Crippen MR) is 164 cm³/mol. The van der Waals surface area contributed by atoms with Gasteiger partial charge in [0.25, 0.3) is 0 Å². The quantitative estimate of drug-likeness (QED) is 0.371. The maximum absolute atomic E-state index is 15.5. The number of benzene rings is 2. The highest BCUT2D eigenvalue weighted by atomic mass is 19.1. The first-order chi connectivity index (χ1) is 20.6. The highest BCUT2D eigenvalue weighted by Gasteiger charge is 2.41. The van der Waals surface area contributed by atoms with E-state index in [2.05, 4.69) is 40.5 Å². The Morgan fingerprint density at radius 2 is 1.74 bits per heavy atom. The third kappa shape index (κ3) is 5.84. The number of morpholine rings is 1. The van der Waals surface area contributed by atoms with Crippen molar-refractivity contribution in [1.29, 1.82) is 0 Å². The lowest BCUT2D eigenvalue weighted by atomic mass is 9.89. The number of nitrogens with zero attached hydrogens (tertiary/aromatic N) is 4. The molecule has 1 N–H and O–H groups in total. The Hall–Kier alpha value is -3.23. The zero-order valence-corrected chi connectivity index (χ0v) is 24.4. The van der Waals surface area contributed by atoms with Crippen LogP contribution >= 0.6 is 0 Å². The molecule has 42 heavy (non-hydrogen) atoms. The molecule has 2 unspecified atom stereocenters. The number of halogens is 1. The topological polar surface area (TPSA) is 60.9 Å². The number of carbonyl (C=O) groups is 1. The average molecular weight is 572 g/mol. The van der Waals surface area contributed by atoms with Gasteiger partial charge >= 0.3 is 6.03 Å². The van der Waals surface area contributed by atoms with E-state index in [0.717, 1.165) is 56.3 Å². The van der Waals surface area contributed by atoms with E-state index in [1.165, 1.54) is 18.2 Å². The van der Waals surface area contributed by atoms with Gasteiger partial charge in [-0.15, -0.1) is 0 Å². The Morgan fingerprint density at radius 3 is 2.50 bits per heavy atom. The number of fused-ring (bicyclic) bond motifs is 3. The largest absolute Gasteiger partial charge is 0.378 e. The van der Waals surface area contributed by atoms with Crippen LogP contribution < -0.4 is 15.1 Å². The second-order valence-corrected chi connectivity index (χ2v) is 12.7. The molecule has 1 saturated carbocycles. The number of aromatic nitrogens is 1. The van der Waals surface area contributed by atoms with Crippen LogP contribution in [0.5, 0.6) is 0 Å². The molecule has 2 atom stereocenters. The van der Waals surface area contributed by atoms with Crippen molar-refractivity contribution in [2.75, 3.05) is 42.6 Å². The van der Waals surface area contributed by atoms with Crippen LogP contribution in [0.3, 0.4) is 0 Å². The summed E-state index contributed by atoms with van der Waals surface area (Å²) >= 11 is 0. The van der Waals surface area contributed by atoms with E-state index >= 15 is 4.39 Å². The lowest BCUT2D eigenvalue weighted by molar-refractivity contribution is 0.0971. The molecule has 4 aliphatic rings. The summed E-state index contributed by atoms with van der Waals surface area (Å²) in [7, 11) is 0. The molecule has 2 amide bonds. The third-order valence-electron chi connectivity index (χ3n) is 9.95. The molecule has 4 heterocycles. The van der Waals surface area contributed by atoms with E-state index in [1.807, 2.05) is 28.0 Å². The van der Waals surface area contributed by atoms with Crippen molar-refractivity contribution in [3.05, 3.63) is 66.1 Å². The highest BCUT2D eigenvalue weighted by molar-refractivity contribution is 5.92. The van der Waals surface area contributed by atoms with Crippen molar-refractivity contribution in [2.45, 2.75) is 76.0 Å². The molecule has 222 valence electrons. The molecule has 1 aromatic heterocycles. The van der Waals surface area contributed by atoms with E-state index < -0.39 is 0 Å². The normalized spacial score (nSPS) is 24.8. The van der Waals surface area contributed by atoms with Gasteiger partial charge in [0.2, 0.25) is 0 Å². The summed E-state index contributed by atoms with van der Waals surface area (Å²) in [4.78, 5) is 25.2. The summed E-state index contributed by atoms with van der Waals surface area (Å²) in [6.07, 6.45) is 8.82. The van der Waals surface area contributed by atoms with Gasteiger partial charge in [0, 0.05) is 55.4 Å². The van der Waals surface area contributed by atoms with E-state index in [0.29, 0.717) is 62.2 Å². The Morgan fingerprint density at radius 1 is 0.976 bits per heavy atom. The van der Waals surface area contributed by atoms with Crippen molar-refractivity contribution in [3.63, 3.8) is 0 Å².